The molecular formula is C24H20FN3O4S. The largest absolute Gasteiger partial charge is 0.494 e. The zero-order valence-electron chi connectivity index (χ0n) is 17.8. The van der Waals surface area contributed by atoms with Crippen LogP contribution in [0.3, 0.4) is 0 Å². The van der Waals surface area contributed by atoms with Gasteiger partial charge in [-0.15, -0.1) is 0 Å². The van der Waals surface area contributed by atoms with Crippen LogP contribution in [-0.4, -0.2) is 26.4 Å². The van der Waals surface area contributed by atoms with Crippen molar-refractivity contribution in [2.75, 3.05) is 12.4 Å². The highest BCUT2D eigenvalue weighted by atomic mass is 32.2. The summed E-state index contributed by atoms with van der Waals surface area (Å²) in [4.78, 5) is 16.7. The first-order valence-corrected chi connectivity index (χ1v) is 11.3. The highest BCUT2D eigenvalue weighted by Gasteiger charge is 2.22. The van der Waals surface area contributed by atoms with Crippen molar-refractivity contribution in [2.45, 2.75) is 16.7 Å². The van der Waals surface area contributed by atoms with Crippen molar-refractivity contribution in [3.05, 3.63) is 83.8 Å². The van der Waals surface area contributed by atoms with Crippen LogP contribution in [0.15, 0.2) is 76.7 Å². The number of ether oxygens (including phenoxy) is 1. The lowest BCUT2D eigenvalue weighted by Crippen LogP contribution is -2.14. The Morgan fingerprint density at radius 1 is 1.06 bits per heavy atom. The molecule has 1 amide bonds. The molecule has 1 heterocycles. The Labute approximate surface area is 189 Å². The molecule has 0 bridgehead atoms. The van der Waals surface area contributed by atoms with Crippen molar-refractivity contribution >= 4 is 38.0 Å². The summed E-state index contributed by atoms with van der Waals surface area (Å²) in [6.45, 7) is 1.73. The summed E-state index contributed by atoms with van der Waals surface area (Å²) in [5, 5.41) is 3.44. The SMILES string of the molecule is COc1cc(Nc2c(C(N)=O)cnc3c(C)cc(S(=O)(=O)c4ccccc4)cc23)ccc1F. The van der Waals surface area contributed by atoms with Gasteiger partial charge in [0.2, 0.25) is 9.84 Å². The number of rotatable bonds is 6. The number of amides is 1. The molecule has 0 fully saturated rings. The first-order valence-electron chi connectivity index (χ1n) is 9.86. The van der Waals surface area contributed by atoms with Gasteiger partial charge in [-0.05, 0) is 48.9 Å². The second-order valence-electron chi connectivity index (χ2n) is 7.34. The first-order chi connectivity index (χ1) is 15.7. The summed E-state index contributed by atoms with van der Waals surface area (Å²) in [6, 6.07) is 15.1. The predicted molar refractivity (Wildman–Crippen MR) is 123 cm³/mol. The molecule has 0 unspecified atom stereocenters. The number of hydrogen-bond acceptors (Lipinski definition) is 6. The van der Waals surface area contributed by atoms with Crippen LogP contribution in [0.25, 0.3) is 10.9 Å². The van der Waals surface area contributed by atoms with Crippen molar-refractivity contribution in [3.8, 4) is 5.75 Å². The smallest absolute Gasteiger partial charge is 0.252 e. The lowest BCUT2D eigenvalue weighted by atomic mass is 10.1. The van der Waals surface area contributed by atoms with Crippen LogP contribution in [-0.2, 0) is 9.84 Å². The monoisotopic (exact) mass is 465 g/mol. The maximum absolute atomic E-state index is 13.9. The van der Waals surface area contributed by atoms with Gasteiger partial charge in [0.25, 0.3) is 5.91 Å². The molecule has 4 rings (SSSR count). The summed E-state index contributed by atoms with van der Waals surface area (Å²) in [5.74, 6) is -1.30. The Hall–Kier alpha value is -3.98. The molecule has 33 heavy (non-hydrogen) atoms. The number of aromatic nitrogens is 1. The average Bonchev–Trinajstić information content (AvgIpc) is 2.80. The molecule has 0 spiro atoms. The predicted octanol–water partition coefficient (Wildman–Crippen LogP) is 4.37. The summed E-state index contributed by atoms with van der Waals surface area (Å²) < 4.78 is 45.4. The normalized spacial score (nSPS) is 11.4. The first kappa shape index (κ1) is 22.2. The van der Waals surface area contributed by atoms with E-state index >= 15 is 0 Å². The number of fused-ring (bicyclic) bond motifs is 1. The van der Waals surface area contributed by atoms with Crippen molar-refractivity contribution in [1.82, 2.24) is 4.98 Å². The van der Waals surface area contributed by atoms with Gasteiger partial charge in [-0.25, -0.2) is 12.8 Å². The molecule has 4 aromatic rings. The molecule has 0 aliphatic heterocycles. The van der Waals surface area contributed by atoms with Gasteiger partial charge < -0.3 is 15.8 Å². The van der Waals surface area contributed by atoms with Crippen LogP contribution in [0.2, 0.25) is 0 Å². The van der Waals surface area contributed by atoms with Crippen molar-refractivity contribution < 1.29 is 22.3 Å². The molecule has 0 saturated heterocycles. The van der Waals surface area contributed by atoms with E-state index in [1.165, 1.54) is 55.8 Å². The van der Waals surface area contributed by atoms with Crippen LogP contribution < -0.4 is 15.8 Å². The minimum atomic E-state index is -3.83. The molecule has 7 nitrogen and oxygen atoms in total. The molecule has 9 heteroatoms. The molecule has 1 aromatic heterocycles. The second-order valence-corrected chi connectivity index (χ2v) is 9.29. The van der Waals surface area contributed by atoms with Crippen LogP contribution in [0.4, 0.5) is 15.8 Å². The standard InChI is InChI=1S/C24H20FN3O4S/c1-14-10-17(33(30,31)16-6-4-3-5-7-16)12-18-22(14)27-13-19(24(26)29)23(18)28-15-8-9-20(25)21(11-15)32-2/h3-13H,1-2H3,(H2,26,29)(H,27,28). The van der Waals surface area contributed by atoms with Crippen LogP contribution in [0.5, 0.6) is 5.75 Å². The van der Waals surface area contributed by atoms with Gasteiger partial charge in [0.15, 0.2) is 11.6 Å². The molecule has 0 radical (unpaired) electrons. The number of sulfone groups is 1. The maximum atomic E-state index is 13.9. The van der Waals surface area contributed by atoms with Gasteiger partial charge in [0.05, 0.1) is 33.7 Å². The van der Waals surface area contributed by atoms with E-state index in [0.717, 1.165) is 0 Å². The van der Waals surface area contributed by atoms with E-state index in [0.29, 0.717) is 22.2 Å². The number of pyridine rings is 1. The van der Waals surface area contributed by atoms with E-state index in [9.17, 15) is 17.6 Å². The molecule has 3 aromatic carbocycles. The molecule has 0 aliphatic carbocycles. The van der Waals surface area contributed by atoms with Crippen molar-refractivity contribution in [1.29, 1.82) is 0 Å². The number of nitrogens with two attached hydrogens (primary N) is 1. The Kier molecular flexibility index (Phi) is 5.73. The van der Waals surface area contributed by atoms with Gasteiger partial charge in [-0.2, -0.15) is 0 Å². The van der Waals surface area contributed by atoms with E-state index in [-0.39, 0.29) is 26.8 Å². The third-order valence-corrected chi connectivity index (χ3v) is 6.93. The fraction of sp³-hybridized carbons (Fsp3) is 0.0833. The van der Waals surface area contributed by atoms with Gasteiger partial charge in [-0.1, -0.05) is 18.2 Å². The Morgan fingerprint density at radius 2 is 1.79 bits per heavy atom. The molecule has 0 atom stereocenters. The summed E-state index contributed by atoms with van der Waals surface area (Å²) in [7, 11) is -2.50. The summed E-state index contributed by atoms with van der Waals surface area (Å²) in [5.41, 5.74) is 7.38. The van der Waals surface area contributed by atoms with E-state index in [1.54, 1.807) is 25.1 Å². The molecule has 0 saturated carbocycles. The number of benzene rings is 3. The Morgan fingerprint density at radius 3 is 2.45 bits per heavy atom. The lowest BCUT2D eigenvalue weighted by molar-refractivity contribution is 0.100. The number of primary amides is 1. The van der Waals surface area contributed by atoms with Gasteiger partial charge in [0, 0.05) is 23.3 Å². The fourth-order valence-corrected chi connectivity index (χ4v) is 4.93. The summed E-state index contributed by atoms with van der Waals surface area (Å²) >= 11 is 0. The summed E-state index contributed by atoms with van der Waals surface area (Å²) in [6.07, 6.45) is 1.33. The third kappa shape index (κ3) is 4.10. The quantitative estimate of drug-likeness (QED) is 0.438. The number of aryl methyl sites for hydroxylation is 1. The number of carbonyl (C=O) groups excluding carboxylic acids is 1. The topological polar surface area (TPSA) is 111 Å². The second kappa shape index (κ2) is 8.51. The number of anilines is 2. The van der Waals surface area contributed by atoms with Gasteiger partial charge >= 0.3 is 0 Å². The van der Waals surface area contributed by atoms with E-state index < -0.39 is 21.6 Å². The minimum absolute atomic E-state index is 0.00233. The van der Waals surface area contributed by atoms with Crippen LogP contribution >= 0.6 is 0 Å². The zero-order valence-corrected chi connectivity index (χ0v) is 18.6. The van der Waals surface area contributed by atoms with Crippen molar-refractivity contribution in [3.63, 3.8) is 0 Å². The van der Waals surface area contributed by atoms with Gasteiger partial charge in [0.1, 0.15) is 0 Å². The van der Waals surface area contributed by atoms with Crippen LogP contribution in [0, 0.1) is 12.7 Å². The Balaban J connectivity index is 1.96. The van der Waals surface area contributed by atoms with E-state index in [4.69, 9.17) is 10.5 Å². The zero-order chi connectivity index (χ0) is 23.8. The third-order valence-electron chi connectivity index (χ3n) is 5.19. The van der Waals surface area contributed by atoms with Crippen LogP contribution in [0.1, 0.15) is 15.9 Å². The van der Waals surface area contributed by atoms with E-state index in [1.807, 2.05) is 0 Å². The highest BCUT2D eigenvalue weighted by molar-refractivity contribution is 7.91. The minimum Gasteiger partial charge on any atom is -0.494 e. The molecule has 3 N–H and O–H groups in total. The average molecular weight is 466 g/mol. The maximum Gasteiger partial charge on any atom is 0.252 e. The lowest BCUT2D eigenvalue weighted by Gasteiger charge is -2.16. The molecular weight excluding hydrogens is 445 g/mol. The number of methoxy groups -OCH3 is 1. The molecule has 168 valence electrons. The molecule has 0 aliphatic rings. The number of nitrogens with one attached hydrogen (secondary N) is 1. The number of halogens is 1. The number of nitrogens with zero attached hydrogens (tertiary/aromatic N) is 1. The highest BCUT2D eigenvalue weighted by Crippen LogP contribution is 2.35. The fourth-order valence-electron chi connectivity index (χ4n) is 3.54. The van der Waals surface area contributed by atoms with E-state index in [2.05, 4.69) is 10.3 Å². The van der Waals surface area contributed by atoms with Gasteiger partial charge in [-0.3, -0.25) is 9.78 Å². The number of hydrogen-bond donors (Lipinski definition) is 2. The number of carbonyl (C=O) groups is 1. The Bertz CT molecular complexity index is 1490. The van der Waals surface area contributed by atoms with Crippen molar-refractivity contribution in [2.24, 2.45) is 5.73 Å².